The van der Waals surface area contributed by atoms with E-state index in [4.69, 9.17) is 5.41 Å². The fraction of sp³-hybridized carbons (Fsp3) is 0.250. The van der Waals surface area contributed by atoms with Crippen molar-refractivity contribution in [3.8, 4) is 5.82 Å². The van der Waals surface area contributed by atoms with E-state index in [1.165, 1.54) is 0 Å². The fourth-order valence-corrected chi connectivity index (χ4v) is 1.48. The highest BCUT2D eigenvalue weighted by atomic mass is 15.1. The largest absolute Gasteiger partial charge is 0.305 e. The number of nitrogens with zero attached hydrogens (tertiary/aromatic N) is 3. The minimum atomic E-state index is 0.526. The molecule has 0 aromatic carbocycles. The average Bonchev–Trinajstić information content (AvgIpc) is 2.60. The zero-order valence-electron chi connectivity index (χ0n) is 9.65. The van der Waals surface area contributed by atoms with Crippen molar-refractivity contribution < 1.29 is 0 Å². The van der Waals surface area contributed by atoms with Crippen LogP contribution in [0.15, 0.2) is 24.7 Å². The van der Waals surface area contributed by atoms with Crippen LogP contribution in [0.4, 0.5) is 0 Å². The quantitative estimate of drug-likeness (QED) is 0.780. The van der Waals surface area contributed by atoms with Gasteiger partial charge in [-0.05, 0) is 32.9 Å². The summed E-state index contributed by atoms with van der Waals surface area (Å²) in [6.45, 7) is 5.74. The molecule has 2 heterocycles. The van der Waals surface area contributed by atoms with E-state index in [0.717, 1.165) is 22.8 Å². The molecule has 2 rings (SSSR count). The molecule has 0 saturated carbocycles. The van der Waals surface area contributed by atoms with Crippen molar-refractivity contribution in [3.63, 3.8) is 0 Å². The Labute approximate surface area is 94.5 Å². The molecule has 0 fully saturated rings. The van der Waals surface area contributed by atoms with Crippen molar-refractivity contribution in [2.75, 3.05) is 0 Å². The molecule has 0 amide bonds. The summed E-state index contributed by atoms with van der Waals surface area (Å²) in [7, 11) is 0. The number of imidazole rings is 1. The minimum absolute atomic E-state index is 0.526. The summed E-state index contributed by atoms with van der Waals surface area (Å²) in [6.07, 6.45) is 3.48. The molecule has 1 N–H and O–H groups in total. The normalized spacial score (nSPS) is 10.4. The molecule has 0 spiro atoms. The van der Waals surface area contributed by atoms with Crippen LogP contribution < -0.4 is 0 Å². The molecule has 0 bridgehead atoms. The van der Waals surface area contributed by atoms with Crippen molar-refractivity contribution >= 4 is 5.71 Å². The van der Waals surface area contributed by atoms with Gasteiger partial charge in [0.1, 0.15) is 12.1 Å². The molecule has 16 heavy (non-hydrogen) atoms. The zero-order chi connectivity index (χ0) is 11.7. The molecule has 4 heteroatoms. The van der Waals surface area contributed by atoms with Crippen molar-refractivity contribution in [3.05, 3.63) is 41.6 Å². The highest BCUT2D eigenvalue weighted by molar-refractivity contribution is 5.95. The molecule has 2 aromatic heterocycles. The number of rotatable bonds is 2. The van der Waals surface area contributed by atoms with Gasteiger partial charge in [0.15, 0.2) is 0 Å². The maximum atomic E-state index is 7.50. The van der Waals surface area contributed by atoms with E-state index in [1.807, 2.05) is 30.5 Å². The first-order chi connectivity index (χ1) is 7.59. The molecule has 0 unspecified atom stereocenters. The van der Waals surface area contributed by atoms with E-state index in [1.54, 1.807) is 19.4 Å². The second-order valence-corrected chi connectivity index (χ2v) is 3.82. The lowest BCUT2D eigenvalue weighted by atomic mass is 10.2. The van der Waals surface area contributed by atoms with E-state index in [9.17, 15) is 0 Å². The molecular formula is C12H14N4. The molecular weight excluding hydrogens is 200 g/mol. The Morgan fingerprint density at radius 3 is 2.44 bits per heavy atom. The Morgan fingerprint density at radius 1 is 1.25 bits per heavy atom. The molecule has 82 valence electrons. The Morgan fingerprint density at radius 2 is 2.00 bits per heavy atom. The summed E-state index contributed by atoms with van der Waals surface area (Å²) >= 11 is 0. The maximum absolute atomic E-state index is 7.50. The van der Waals surface area contributed by atoms with Crippen LogP contribution in [0.3, 0.4) is 0 Å². The standard InChI is InChI=1S/C12H14N4/c1-8(13)11-4-5-12(14-6-11)16-7-15-9(2)10(16)3/h4-7,13H,1-3H3. The lowest BCUT2D eigenvalue weighted by molar-refractivity contribution is 0.949. The second-order valence-electron chi connectivity index (χ2n) is 3.82. The summed E-state index contributed by atoms with van der Waals surface area (Å²) in [5, 5.41) is 7.50. The van der Waals surface area contributed by atoms with Crippen LogP contribution >= 0.6 is 0 Å². The van der Waals surface area contributed by atoms with Gasteiger partial charge in [0, 0.05) is 23.2 Å². The van der Waals surface area contributed by atoms with Gasteiger partial charge in [-0.2, -0.15) is 0 Å². The van der Waals surface area contributed by atoms with Gasteiger partial charge in [-0.3, -0.25) is 4.57 Å². The van der Waals surface area contributed by atoms with Crippen molar-refractivity contribution in [1.29, 1.82) is 5.41 Å². The first-order valence-electron chi connectivity index (χ1n) is 5.12. The van der Waals surface area contributed by atoms with E-state index < -0.39 is 0 Å². The molecule has 4 nitrogen and oxygen atoms in total. The number of aryl methyl sites for hydroxylation is 1. The van der Waals surface area contributed by atoms with Gasteiger partial charge in [0.25, 0.3) is 0 Å². The summed E-state index contributed by atoms with van der Waals surface area (Å²) in [5.41, 5.74) is 3.47. The molecule has 2 aromatic rings. The van der Waals surface area contributed by atoms with Gasteiger partial charge in [0.2, 0.25) is 0 Å². The second kappa shape index (κ2) is 3.89. The van der Waals surface area contributed by atoms with Gasteiger partial charge >= 0.3 is 0 Å². The first-order valence-corrected chi connectivity index (χ1v) is 5.12. The molecule has 0 aliphatic rings. The van der Waals surface area contributed by atoms with Crippen molar-refractivity contribution in [2.45, 2.75) is 20.8 Å². The summed E-state index contributed by atoms with van der Waals surface area (Å²) < 4.78 is 1.94. The van der Waals surface area contributed by atoms with E-state index >= 15 is 0 Å². The van der Waals surface area contributed by atoms with Gasteiger partial charge in [-0.25, -0.2) is 9.97 Å². The number of hydrogen-bond acceptors (Lipinski definition) is 3. The van der Waals surface area contributed by atoms with Gasteiger partial charge in [0.05, 0.1) is 5.69 Å². The number of pyridine rings is 1. The zero-order valence-corrected chi connectivity index (χ0v) is 9.65. The first kappa shape index (κ1) is 10.5. The minimum Gasteiger partial charge on any atom is -0.305 e. The molecule has 0 radical (unpaired) electrons. The average molecular weight is 214 g/mol. The van der Waals surface area contributed by atoms with Crippen LogP contribution in [0.5, 0.6) is 0 Å². The SMILES string of the molecule is CC(=N)c1ccc(-n2cnc(C)c2C)nc1. The van der Waals surface area contributed by atoms with Crippen molar-refractivity contribution in [1.82, 2.24) is 14.5 Å². The molecule has 0 atom stereocenters. The van der Waals surface area contributed by atoms with Crippen LogP contribution in [0.25, 0.3) is 5.82 Å². The predicted molar refractivity (Wildman–Crippen MR) is 63.3 cm³/mol. The third-order valence-corrected chi connectivity index (χ3v) is 2.68. The topological polar surface area (TPSA) is 54.6 Å². The van der Waals surface area contributed by atoms with Crippen LogP contribution in [-0.2, 0) is 0 Å². The number of hydrogen-bond donors (Lipinski definition) is 1. The number of nitrogens with one attached hydrogen (secondary N) is 1. The smallest absolute Gasteiger partial charge is 0.138 e. The van der Waals surface area contributed by atoms with E-state index in [2.05, 4.69) is 9.97 Å². The molecule has 0 aliphatic carbocycles. The van der Waals surface area contributed by atoms with E-state index in [0.29, 0.717) is 5.71 Å². The van der Waals surface area contributed by atoms with E-state index in [-0.39, 0.29) is 0 Å². The fourth-order valence-electron chi connectivity index (χ4n) is 1.48. The Balaban J connectivity index is 2.42. The van der Waals surface area contributed by atoms with Crippen LogP contribution in [0, 0.1) is 19.3 Å². The third kappa shape index (κ3) is 1.74. The van der Waals surface area contributed by atoms with Gasteiger partial charge < -0.3 is 5.41 Å². The summed E-state index contributed by atoms with van der Waals surface area (Å²) in [4.78, 5) is 8.56. The lowest BCUT2D eigenvalue weighted by Gasteiger charge is -2.05. The van der Waals surface area contributed by atoms with Gasteiger partial charge in [-0.15, -0.1) is 0 Å². The highest BCUT2D eigenvalue weighted by Gasteiger charge is 2.05. The Kier molecular flexibility index (Phi) is 2.56. The third-order valence-electron chi connectivity index (χ3n) is 2.68. The Bertz CT molecular complexity index is 522. The summed E-state index contributed by atoms with van der Waals surface area (Å²) in [6, 6.07) is 3.81. The van der Waals surface area contributed by atoms with Crippen molar-refractivity contribution in [2.24, 2.45) is 0 Å². The van der Waals surface area contributed by atoms with Crippen LogP contribution in [0.1, 0.15) is 23.9 Å². The predicted octanol–water partition coefficient (Wildman–Crippen LogP) is 2.27. The Hall–Kier alpha value is -1.97. The highest BCUT2D eigenvalue weighted by Crippen LogP contribution is 2.11. The maximum Gasteiger partial charge on any atom is 0.138 e. The van der Waals surface area contributed by atoms with Crippen LogP contribution in [0.2, 0.25) is 0 Å². The van der Waals surface area contributed by atoms with Gasteiger partial charge in [-0.1, -0.05) is 0 Å². The lowest BCUT2D eigenvalue weighted by Crippen LogP contribution is -2.00. The summed E-state index contributed by atoms with van der Waals surface area (Å²) in [5.74, 6) is 0.836. The van der Waals surface area contributed by atoms with Crippen LogP contribution in [-0.4, -0.2) is 20.2 Å². The molecule has 0 aliphatic heterocycles. The molecule has 0 saturated heterocycles. The monoisotopic (exact) mass is 214 g/mol. The number of aromatic nitrogens is 3.